The summed E-state index contributed by atoms with van der Waals surface area (Å²) in [5.41, 5.74) is 4.59. The molecule has 1 heterocycles. The van der Waals surface area contributed by atoms with E-state index in [1.54, 1.807) is 6.20 Å². The molecular formula is C16H20N2O. The van der Waals surface area contributed by atoms with Crippen molar-refractivity contribution in [2.24, 2.45) is 0 Å². The Kier molecular flexibility index (Phi) is 4.15. The molecule has 19 heavy (non-hydrogen) atoms. The lowest BCUT2D eigenvalue weighted by atomic mass is 10.0. The maximum atomic E-state index is 12.0. The predicted molar refractivity (Wildman–Crippen MR) is 76.2 cm³/mol. The fourth-order valence-corrected chi connectivity index (χ4v) is 2.10. The van der Waals surface area contributed by atoms with Crippen LogP contribution in [0.25, 0.3) is 0 Å². The normalized spacial score (nSPS) is 10.7. The van der Waals surface area contributed by atoms with Crippen LogP contribution in [0.1, 0.15) is 29.2 Å². The maximum absolute atomic E-state index is 12.0. The molecule has 2 aromatic rings. The monoisotopic (exact) mass is 256 g/mol. The Hall–Kier alpha value is -1.90. The number of benzene rings is 1. The summed E-state index contributed by atoms with van der Waals surface area (Å²) in [5, 5.41) is 4.18. The van der Waals surface area contributed by atoms with Crippen molar-refractivity contribution in [3.63, 3.8) is 0 Å². The van der Waals surface area contributed by atoms with Crippen molar-refractivity contribution in [2.75, 3.05) is 0 Å². The molecule has 0 unspecified atom stereocenters. The quantitative estimate of drug-likeness (QED) is 0.824. The van der Waals surface area contributed by atoms with Gasteiger partial charge in [-0.2, -0.15) is 5.10 Å². The standard InChI is InChI=1S/C16H20N2O/c1-4-18-11-15(10-17-18)9-16(19)8-14-6-5-12(2)13(3)7-14/h5-7,10-11H,4,8-9H2,1-3H3. The summed E-state index contributed by atoms with van der Waals surface area (Å²) in [4.78, 5) is 12.0. The average molecular weight is 256 g/mol. The number of aryl methyl sites for hydroxylation is 3. The van der Waals surface area contributed by atoms with Crippen LogP contribution in [0.5, 0.6) is 0 Å². The molecule has 0 saturated carbocycles. The van der Waals surface area contributed by atoms with Gasteiger partial charge in [0.25, 0.3) is 0 Å². The molecular weight excluding hydrogens is 236 g/mol. The molecule has 0 saturated heterocycles. The van der Waals surface area contributed by atoms with Gasteiger partial charge in [-0.3, -0.25) is 9.48 Å². The largest absolute Gasteiger partial charge is 0.299 e. The fraction of sp³-hybridized carbons (Fsp3) is 0.375. The number of hydrogen-bond acceptors (Lipinski definition) is 2. The highest BCUT2D eigenvalue weighted by atomic mass is 16.1. The van der Waals surface area contributed by atoms with Gasteiger partial charge in [-0.25, -0.2) is 0 Å². The van der Waals surface area contributed by atoms with Gasteiger partial charge in [-0.1, -0.05) is 18.2 Å². The second-order valence-electron chi connectivity index (χ2n) is 5.02. The van der Waals surface area contributed by atoms with Crippen molar-refractivity contribution in [3.05, 3.63) is 52.8 Å². The molecule has 3 heteroatoms. The zero-order chi connectivity index (χ0) is 13.8. The molecule has 100 valence electrons. The number of hydrogen-bond donors (Lipinski definition) is 0. The first-order valence-electron chi connectivity index (χ1n) is 6.67. The van der Waals surface area contributed by atoms with Gasteiger partial charge in [-0.05, 0) is 43.0 Å². The van der Waals surface area contributed by atoms with E-state index in [9.17, 15) is 4.79 Å². The molecule has 0 spiro atoms. The summed E-state index contributed by atoms with van der Waals surface area (Å²) in [7, 11) is 0. The molecule has 0 N–H and O–H groups in total. The Labute approximate surface area is 114 Å². The van der Waals surface area contributed by atoms with Gasteiger partial charge < -0.3 is 0 Å². The van der Waals surface area contributed by atoms with Crippen molar-refractivity contribution in [1.82, 2.24) is 9.78 Å². The first-order chi connectivity index (χ1) is 9.08. The van der Waals surface area contributed by atoms with Gasteiger partial charge in [0, 0.05) is 25.6 Å². The van der Waals surface area contributed by atoms with Gasteiger partial charge in [-0.15, -0.1) is 0 Å². The van der Waals surface area contributed by atoms with Gasteiger partial charge in [0.2, 0.25) is 0 Å². The van der Waals surface area contributed by atoms with Crippen molar-refractivity contribution in [2.45, 2.75) is 40.2 Å². The summed E-state index contributed by atoms with van der Waals surface area (Å²) in [6.07, 6.45) is 4.69. The molecule has 0 aliphatic rings. The lowest BCUT2D eigenvalue weighted by Gasteiger charge is -2.04. The molecule has 1 aromatic carbocycles. The molecule has 2 rings (SSSR count). The fourth-order valence-electron chi connectivity index (χ4n) is 2.10. The second kappa shape index (κ2) is 5.83. The van der Waals surface area contributed by atoms with Crippen LogP contribution in [0.4, 0.5) is 0 Å². The molecule has 1 aromatic heterocycles. The summed E-state index contributed by atoms with van der Waals surface area (Å²) in [6, 6.07) is 6.21. The predicted octanol–water partition coefficient (Wildman–Crippen LogP) is 2.87. The highest BCUT2D eigenvalue weighted by molar-refractivity contribution is 5.83. The Bertz CT molecular complexity index is 584. The third kappa shape index (κ3) is 3.53. The van der Waals surface area contributed by atoms with Crippen LogP contribution in [0, 0.1) is 13.8 Å². The summed E-state index contributed by atoms with van der Waals surface area (Å²) in [6.45, 7) is 7.04. The Morgan fingerprint density at radius 3 is 2.53 bits per heavy atom. The van der Waals surface area contributed by atoms with Crippen molar-refractivity contribution >= 4 is 5.78 Å². The molecule has 0 fully saturated rings. The minimum absolute atomic E-state index is 0.235. The SMILES string of the molecule is CCn1cc(CC(=O)Cc2ccc(C)c(C)c2)cn1. The van der Waals surface area contributed by atoms with E-state index in [4.69, 9.17) is 0 Å². The van der Waals surface area contributed by atoms with Crippen LogP contribution < -0.4 is 0 Å². The zero-order valence-corrected chi connectivity index (χ0v) is 11.8. The minimum Gasteiger partial charge on any atom is -0.299 e. The molecule has 0 bridgehead atoms. The molecule has 0 aliphatic carbocycles. The van der Waals surface area contributed by atoms with E-state index >= 15 is 0 Å². The van der Waals surface area contributed by atoms with Crippen LogP contribution in [0.15, 0.2) is 30.6 Å². The molecule has 0 atom stereocenters. The third-order valence-corrected chi connectivity index (χ3v) is 3.38. The Morgan fingerprint density at radius 2 is 1.89 bits per heavy atom. The topological polar surface area (TPSA) is 34.9 Å². The van der Waals surface area contributed by atoms with E-state index in [-0.39, 0.29) is 5.78 Å². The number of Topliss-reactive ketones (excluding diaryl/α,β-unsaturated/α-hetero) is 1. The average Bonchev–Trinajstić information content (AvgIpc) is 2.81. The van der Waals surface area contributed by atoms with E-state index in [1.807, 2.05) is 23.9 Å². The first kappa shape index (κ1) is 13.5. The zero-order valence-electron chi connectivity index (χ0n) is 11.8. The lowest BCUT2D eigenvalue weighted by molar-refractivity contribution is -0.117. The maximum Gasteiger partial charge on any atom is 0.141 e. The number of carbonyl (C=O) groups excluding carboxylic acids is 1. The van der Waals surface area contributed by atoms with E-state index in [2.05, 4.69) is 31.1 Å². The van der Waals surface area contributed by atoms with Crippen LogP contribution >= 0.6 is 0 Å². The van der Waals surface area contributed by atoms with Crippen molar-refractivity contribution < 1.29 is 4.79 Å². The van der Waals surface area contributed by atoms with E-state index in [0.29, 0.717) is 12.8 Å². The van der Waals surface area contributed by atoms with Crippen LogP contribution in [0.2, 0.25) is 0 Å². The highest BCUT2D eigenvalue weighted by Gasteiger charge is 2.07. The summed E-state index contributed by atoms with van der Waals surface area (Å²) < 4.78 is 1.85. The molecule has 0 amide bonds. The van der Waals surface area contributed by atoms with E-state index < -0.39 is 0 Å². The molecule has 0 aliphatic heterocycles. The van der Waals surface area contributed by atoms with Crippen molar-refractivity contribution in [3.8, 4) is 0 Å². The number of carbonyl (C=O) groups is 1. The van der Waals surface area contributed by atoms with Gasteiger partial charge >= 0.3 is 0 Å². The van der Waals surface area contributed by atoms with Gasteiger partial charge in [0.1, 0.15) is 5.78 Å². The summed E-state index contributed by atoms with van der Waals surface area (Å²) >= 11 is 0. The van der Waals surface area contributed by atoms with Gasteiger partial charge in [0.15, 0.2) is 0 Å². The smallest absolute Gasteiger partial charge is 0.141 e. The van der Waals surface area contributed by atoms with E-state index in [0.717, 1.165) is 17.7 Å². The highest BCUT2D eigenvalue weighted by Crippen LogP contribution is 2.11. The summed E-state index contributed by atoms with van der Waals surface area (Å²) in [5.74, 6) is 0.235. The van der Waals surface area contributed by atoms with Gasteiger partial charge in [0.05, 0.1) is 6.20 Å². The van der Waals surface area contributed by atoms with Crippen LogP contribution in [-0.2, 0) is 24.2 Å². The molecule has 0 radical (unpaired) electrons. The Balaban J connectivity index is 1.98. The second-order valence-corrected chi connectivity index (χ2v) is 5.02. The minimum atomic E-state index is 0.235. The first-order valence-corrected chi connectivity index (χ1v) is 6.67. The number of nitrogens with zero attached hydrogens (tertiary/aromatic N) is 2. The number of ketones is 1. The molecule has 3 nitrogen and oxygen atoms in total. The number of rotatable bonds is 5. The van der Waals surface area contributed by atoms with Crippen LogP contribution in [-0.4, -0.2) is 15.6 Å². The third-order valence-electron chi connectivity index (χ3n) is 3.38. The van der Waals surface area contributed by atoms with E-state index in [1.165, 1.54) is 11.1 Å². The Morgan fingerprint density at radius 1 is 1.16 bits per heavy atom. The van der Waals surface area contributed by atoms with Crippen molar-refractivity contribution in [1.29, 1.82) is 0 Å². The van der Waals surface area contributed by atoms with Crippen LogP contribution in [0.3, 0.4) is 0 Å². The lowest BCUT2D eigenvalue weighted by Crippen LogP contribution is -2.06. The number of aromatic nitrogens is 2.